The van der Waals surface area contributed by atoms with Crippen molar-refractivity contribution in [3.8, 4) is 0 Å². The van der Waals surface area contributed by atoms with Crippen LogP contribution in [-0.2, 0) is 9.84 Å². The summed E-state index contributed by atoms with van der Waals surface area (Å²) in [7, 11) is -2.80. The smallest absolute Gasteiger partial charge is 0.153 e. The zero-order valence-corrected chi connectivity index (χ0v) is 8.52. The predicted octanol–water partition coefficient (Wildman–Crippen LogP) is 0.691. The minimum absolute atomic E-state index is 0.183. The molecule has 1 aliphatic rings. The van der Waals surface area contributed by atoms with Crippen LogP contribution >= 0.6 is 0 Å². The van der Waals surface area contributed by atoms with E-state index in [0.717, 1.165) is 12.8 Å². The molecular weight excluding hydrogens is 174 g/mol. The first kappa shape index (κ1) is 9.99. The second-order valence-electron chi connectivity index (χ2n) is 4.32. The fraction of sp³-hybridized carbons (Fsp3) is 1.00. The molecule has 0 aromatic heterocycles. The highest BCUT2D eigenvalue weighted by Gasteiger charge is 2.34. The van der Waals surface area contributed by atoms with Crippen molar-refractivity contribution in [1.29, 1.82) is 0 Å². The third-order valence-electron chi connectivity index (χ3n) is 2.22. The highest BCUT2D eigenvalue weighted by Crippen LogP contribution is 2.26. The van der Waals surface area contributed by atoms with E-state index < -0.39 is 9.84 Å². The van der Waals surface area contributed by atoms with E-state index in [1.807, 2.05) is 13.8 Å². The van der Waals surface area contributed by atoms with Crippen LogP contribution in [0.25, 0.3) is 0 Å². The zero-order valence-electron chi connectivity index (χ0n) is 7.71. The Labute approximate surface area is 74.3 Å². The minimum Gasteiger partial charge on any atom is -0.326 e. The van der Waals surface area contributed by atoms with Gasteiger partial charge in [0.15, 0.2) is 9.84 Å². The Kier molecular flexibility index (Phi) is 2.50. The Morgan fingerprint density at radius 2 is 2.08 bits per heavy atom. The molecule has 1 fully saturated rings. The fourth-order valence-corrected chi connectivity index (χ4v) is 3.79. The van der Waals surface area contributed by atoms with Gasteiger partial charge < -0.3 is 5.73 Å². The summed E-state index contributed by atoms with van der Waals surface area (Å²) in [6.45, 7) is 3.75. The van der Waals surface area contributed by atoms with E-state index in [2.05, 4.69) is 0 Å². The van der Waals surface area contributed by atoms with Gasteiger partial charge in [-0.1, -0.05) is 0 Å². The molecule has 2 N–H and O–H groups in total. The van der Waals surface area contributed by atoms with E-state index in [1.54, 1.807) is 0 Å². The second kappa shape index (κ2) is 3.00. The molecule has 0 aromatic carbocycles. The molecule has 72 valence electrons. The molecule has 1 unspecified atom stereocenters. The summed E-state index contributed by atoms with van der Waals surface area (Å²) < 4.78 is 22.8. The summed E-state index contributed by atoms with van der Waals surface area (Å²) >= 11 is 0. The summed E-state index contributed by atoms with van der Waals surface area (Å²) in [5, 5.41) is -0.183. The van der Waals surface area contributed by atoms with Gasteiger partial charge in [0.1, 0.15) is 0 Å². The number of hydrogen-bond donors (Lipinski definition) is 1. The highest BCUT2D eigenvalue weighted by atomic mass is 32.2. The lowest BCUT2D eigenvalue weighted by Gasteiger charge is -2.21. The summed E-state index contributed by atoms with van der Waals surface area (Å²) in [5.41, 5.74) is 5.41. The van der Waals surface area contributed by atoms with Gasteiger partial charge in [0, 0.05) is 5.54 Å². The van der Waals surface area contributed by atoms with Crippen molar-refractivity contribution in [2.75, 3.05) is 5.75 Å². The van der Waals surface area contributed by atoms with Crippen LogP contribution in [0, 0.1) is 0 Å². The van der Waals surface area contributed by atoms with Gasteiger partial charge in [0.25, 0.3) is 0 Å². The monoisotopic (exact) mass is 191 g/mol. The number of nitrogens with two attached hydrogens (primary N) is 1. The van der Waals surface area contributed by atoms with E-state index >= 15 is 0 Å². The maximum atomic E-state index is 11.4. The Hall–Kier alpha value is -0.0900. The second-order valence-corrected chi connectivity index (χ2v) is 6.72. The van der Waals surface area contributed by atoms with Crippen LogP contribution in [0.2, 0.25) is 0 Å². The molecule has 0 spiro atoms. The normalized spacial score (nSPS) is 29.1. The molecule has 1 rings (SSSR count). The third kappa shape index (κ3) is 2.45. The van der Waals surface area contributed by atoms with Gasteiger partial charge in [0.2, 0.25) is 0 Å². The topological polar surface area (TPSA) is 60.2 Å². The first-order valence-electron chi connectivity index (χ1n) is 4.32. The van der Waals surface area contributed by atoms with Crippen molar-refractivity contribution < 1.29 is 8.42 Å². The number of rotatable bonds is 2. The maximum Gasteiger partial charge on any atom is 0.153 e. The molecule has 0 aromatic rings. The first-order valence-corrected chi connectivity index (χ1v) is 6.03. The minimum atomic E-state index is -2.80. The van der Waals surface area contributed by atoms with Crippen LogP contribution in [-0.4, -0.2) is 25.0 Å². The van der Waals surface area contributed by atoms with E-state index in [-0.39, 0.29) is 10.8 Å². The van der Waals surface area contributed by atoms with Gasteiger partial charge >= 0.3 is 0 Å². The summed E-state index contributed by atoms with van der Waals surface area (Å²) in [6.07, 6.45) is 2.20. The predicted molar refractivity (Wildman–Crippen MR) is 49.7 cm³/mol. The van der Waals surface area contributed by atoms with E-state index in [0.29, 0.717) is 12.2 Å². The SMILES string of the molecule is CC(C)(N)CC1CCCS1(=O)=O. The van der Waals surface area contributed by atoms with E-state index in [4.69, 9.17) is 5.73 Å². The number of sulfone groups is 1. The molecule has 1 atom stereocenters. The highest BCUT2D eigenvalue weighted by molar-refractivity contribution is 7.92. The van der Waals surface area contributed by atoms with Gasteiger partial charge in [-0.15, -0.1) is 0 Å². The first-order chi connectivity index (χ1) is 5.31. The van der Waals surface area contributed by atoms with E-state index in [9.17, 15) is 8.42 Å². The van der Waals surface area contributed by atoms with Crippen LogP contribution in [0.3, 0.4) is 0 Å². The van der Waals surface area contributed by atoms with Crippen molar-refractivity contribution in [1.82, 2.24) is 0 Å². The van der Waals surface area contributed by atoms with Crippen LogP contribution in [0.15, 0.2) is 0 Å². The average Bonchev–Trinajstić information content (AvgIpc) is 2.07. The molecule has 1 aliphatic heterocycles. The lowest BCUT2D eigenvalue weighted by Crippen LogP contribution is -2.37. The Morgan fingerprint density at radius 3 is 2.42 bits per heavy atom. The van der Waals surface area contributed by atoms with Crippen molar-refractivity contribution in [3.05, 3.63) is 0 Å². The van der Waals surface area contributed by atoms with Crippen molar-refractivity contribution in [3.63, 3.8) is 0 Å². The maximum absolute atomic E-state index is 11.4. The van der Waals surface area contributed by atoms with Gasteiger partial charge in [-0.3, -0.25) is 0 Å². The van der Waals surface area contributed by atoms with Crippen molar-refractivity contribution >= 4 is 9.84 Å². The Balaban J connectivity index is 2.66. The van der Waals surface area contributed by atoms with Crippen LogP contribution in [0.5, 0.6) is 0 Å². The van der Waals surface area contributed by atoms with Gasteiger partial charge in [-0.25, -0.2) is 8.42 Å². The molecule has 3 nitrogen and oxygen atoms in total. The molecule has 4 heteroatoms. The quantitative estimate of drug-likeness (QED) is 0.698. The van der Waals surface area contributed by atoms with Crippen LogP contribution < -0.4 is 5.73 Å². The van der Waals surface area contributed by atoms with Gasteiger partial charge in [-0.05, 0) is 33.1 Å². The summed E-state index contributed by atoms with van der Waals surface area (Å²) in [5.74, 6) is 0.355. The molecule has 0 radical (unpaired) electrons. The van der Waals surface area contributed by atoms with Gasteiger partial charge in [-0.2, -0.15) is 0 Å². The molecule has 1 saturated heterocycles. The molecule has 12 heavy (non-hydrogen) atoms. The standard InChI is InChI=1S/C8H17NO2S/c1-8(2,9)6-7-4-3-5-12(7,10)11/h7H,3-6,9H2,1-2H3. The fourth-order valence-electron chi connectivity index (χ4n) is 1.67. The Bertz CT molecular complexity index is 251. The zero-order chi connectivity index (χ0) is 9.41. The molecule has 1 heterocycles. The van der Waals surface area contributed by atoms with Crippen LogP contribution in [0.1, 0.15) is 33.1 Å². The molecular formula is C8H17NO2S. The van der Waals surface area contributed by atoms with E-state index in [1.165, 1.54) is 0 Å². The number of hydrogen-bond acceptors (Lipinski definition) is 3. The van der Waals surface area contributed by atoms with Crippen LogP contribution in [0.4, 0.5) is 0 Å². The lowest BCUT2D eigenvalue weighted by atomic mass is 9.98. The third-order valence-corrected chi connectivity index (χ3v) is 4.49. The lowest BCUT2D eigenvalue weighted by molar-refractivity contribution is 0.452. The largest absolute Gasteiger partial charge is 0.326 e. The molecule has 0 aliphatic carbocycles. The van der Waals surface area contributed by atoms with Crippen molar-refractivity contribution in [2.24, 2.45) is 5.73 Å². The molecule has 0 saturated carbocycles. The van der Waals surface area contributed by atoms with Crippen molar-refractivity contribution in [2.45, 2.75) is 43.9 Å². The van der Waals surface area contributed by atoms with Gasteiger partial charge in [0.05, 0.1) is 11.0 Å². The Morgan fingerprint density at radius 1 is 1.50 bits per heavy atom. The molecule has 0 bridgehead atoms. The summed E-state index contributed by atoms with van der Waals surface area (Å²) in [6, 6.07) is 0. The average molecular weight is 191 g/mol. The summed E-state index contributed by atoms with van der Waals surface area (Å²) in [4.78, 5) is 0. The molecule has 0 amide bonds.